The Morgan fingerprint density at radius 3 is 2.56 bits per heavy atom. The Hall–Kier alpha value is -0.120. The third-order valence-electron chi connectivity index (χ3n) is 10.2. The van der Waals surface area contributed by atoms with Crippen LogP contribution in [-0.4, -0.2) is 45.9 Å². The number of likely N-dealkylation sites (tertiary alicyclic amines) is 1. The smallest absolute Gasteiger partial charge is 0.0596 e. The molecule has 5 rings (SSSR count). The molecular weight excluding hydrogens is 310 g/mol. The molecule has 0 aromatic carbocycles. The molecule has 1 heterocycles. The Morgan fingerprint density at radius 1 is 0.920 bits per heavy atom. The Labute approximate surface area is 153 Å². The van der Waals surface area contributed by atoms with E-state index in [1.807, 2.05) is 0 Å². The van der Waals surface area contributed by atoms with Gasteiger partial charge >= 0.3 is 0 Å². The fourth-order valence-electron chi connectivity index (χ4n) is 9.14. The maximum absolute atomic E-state index is 10.7. The SMILES string of the molecule is CCN1CC[C@]23CCC(O)C[C@]12CC[C@@H]1[C@@H]3CC[C@]2(C)C(O)CC[C@@H]12. The number of nitrogens with zero attached hydrogens (tertiary/aromatic N) is 1. The topological polar surface area (TPSA) is 43.7 Å². The van der Waals surface area contributed by atoms with Gasteiger partial charge in [-0.25, -0.2) is 0 Å². The summed E-state index contributed by atoms with van der Waals surface area (Å²) in [6, 6.07) is 0. The van der Waals surface area contributed by atoms with Crippen LogP contribution in [-0.2, 0) is 0 Å². The molecule has 0 spiro atoms. The van der Waals surface area contributed by atoms with Crippen molar-refractivity contribution in [1.29, 1.82) is 0 Å². The molecule has 142 valence electrons. The lowest BCUT2D eigenvalue weighted by atomic mass is 9.42. The zero-order valence-electron chi connectivity index (χ0n) is 16.2. The third-order valence-corrected chi connectivity index (χ3v) is 10.2. The highest BCUT2D eigenvalue weighted by molar-refractivity contribution is 5.21. The fourth-order valence-corrected chi connectivity index (χ4v) is 9.14. The van der Waals surface area contributed by atoms with Crippen molar-refractivity contribution in [2.24, 2.45) is 28.6 Å². The molecule has 5 aliphatic rings. The predicted molar refractivity (Wildman–Crippen MR) is 99.2 cm³/mol. The van der Waals surface area contributed by atoms with Crippen LogP contribution >= 0.6 is 0 Å². The maximum atomic E-state index is 10.7. The van der Waals surface area contributed by atoms with Crippen LogP contribution in [0, 0.1) is 28.6 Å². The normalized spacial score (nSPS) is 58.3. The van der Waals surface area contributed by atoms with Crippen LogP contribution in [0.2, 0.25) is 0 Å². The zero-order chi connectivity index (χ0) is 17.4. The summed E-state index contributed by atoms with van der Waals surface area (Å²) in [5.41, 5.74) is 0.931. The van der Waals surface area contributed by atoms with Crippen molar-refractivity contribution >= 4 is 0 Å². The Morgan fingerprint density at radius 2 is 1.76 bits per heavy atom. The predicted octanol–water partition coefficient (Wildman–Crippen LogP) is 3.58. The van der Waals surface area contributed by atoms with E-state index in [2.05, 4.69) is 18.7 Å². The Bertz CT molecular complexity index is 552. The number of aliphatic hydroxyl groups excluding tert-OH is 2. The molecule has 3 heteroatoms. The van der Waals surface area contributed by atoms with Crippen molar-refractivity contribution < 1.29 is 10.2 Å². The molecule has 4 saturated carbocycles. The standard InChI is InChI=1S/C22H37NO2/c1-3-23-13-12-21-10-6-15(24)14-22(21,23)11-7-16-17-4-5-19(25)20(17,2)9-8-18(16)21/h15-19,24-25H,3-14H2,1-2H3/t15?,16-,17-,18-,19?,20-,21-,22-/m0/s1. The van der Waals surface area contributed by atoms with E-state index in [1.165, 1.54) is 51.5 Å². The van der Waals surface area contributed by atoms with Crippen LogP contribution in [0.1, 0.15) is 78.1 Å². The minimum atomic E-state index is -0.0843. The van der Waals surface area contributed by atoms with Crippen molar-refractivity contribution in [2.75, 3.05) is 13.1 Å². The van der Waals surface area contributed by atoms with Gasteiger partial charge in [0, 0.05) is 5.54 Å². The van der Waals surface area contributed by atoms with E-state index in [-0.39, 0.29) is 23.2 Å². The highest BCUT2D eigenvalue weighted by Gasteiger charge is 2.69. The second kappa shape index (κ2) is 5.45. The first kappa shape index (κ1) is 17.0. The molecule has 0 amide bonds. The third kappa shape index (κ3) is 1.93. The zero-order valence-corrected chi connectivity index (χ0v) is 16.2. The lowest BCUT2D eigenvalue weighted by Gasteiger charge is -2.65. The maximum Gasteiger partial charge on any atom is 0.0596 e. The molecule has 2 N–H and O–H groups in total. The summed E-state index contributed by atoms with van der Waals surface area (Å²) in [6.07, 6.45) is 12.0. The van der Waals surface area contributed by atoms with Crippen LogP contribution in [0.25, 0.3) is 0 Å². The van der Waals surface area contributed by atoms with E-state index in [9.17, 15) is 10.2 Å². The number of rotatable bonds is 1. The first-order valence-corrected chi connectivity index (χ1v) is 11.1. The molecule has 2 unspecified atom stereocenters. The first-order chi connectivity index (χ1) is 12.0. The van der Waals surface area contributed by atoms with Crippen molar-refractivity contribution in [3.05, 3.63) is 0 Å². The molecular formula is C22H37NO2. The molecule has 5 fully saturated rings. The summed E-state index contributed by atoms with van der Waals surface area (Å²) in [5, 5.41) is 21.2. The molecule has 4 aliphatic carbocycles. The average Bonchev–Trinajstić information content (AvgIpc) is 3.09. The van der Waals surface area contributed by atoms with Gasteiger partial charge in [-0.15, -0.1) is 0 Å². The number of fused-ring (bicyclic) bond motifs is 3. The molecule has 0 radical (unpaired) electrons. The highest BCUT2D eigenvalue weighted by atomic mass is 16.3. The minimum absolute atomic E-state index is 0.0634. The largest absolute Gasteiger partial charge is 0.393 e. The van der Waals surface area contributed by atoms with Gasteiger partial charge in [0.25, 0.3) is 0 Å². The number of hydrogen-bond donors (Lipinski definition) is 2. The van der Waals surface area contributed by atoms with Crippen molar-refractivity contribution in [3.8, 4) is 0 Å². The van der Waals surface area contributed by atoms with E-state index in [0.717, 1.165) is 43.6 Å². The van der Waals surface area contributed by atoms with E-state index in [4.69, 9.17) is 0 Å². The summed E-state index contributed by atoms with van der Waals surface area (Å²) in [4.78, 5) is 2.77. The van der Waals surface area contributed by atoms with Gasteiger partial charge in [-0.1, -0.05) is 13.8 Å². The van der Waals surface area contributed by atoms with Crippen molar-refractivity contribution in [2.45, 2.75) is 95.8 Å². The average molecular weight is 348 g/mol. The van der Waals surface area contributed by atoms with E-state index in [0.29, 0.717) is 5.41 Å². The fraction of sp³-hybridized carbons (Fsp3) is 1.00. The minimum Gasteiger partial charge on any atom is -0.393 e. The van der Waals surface area contributed by atoms with Gasteiger partial charge in [-0.3, -0.25) is 4.90 Å². The lowest BCUT2D eigenvalue weighted by Crippen LogP contribution is -2.66. The molecule has 3 nitrogen and oxygen atoms in total. The van der Waals surface area contributed by atoms with Gasteiger partial charge in [-0.2, -0.15) is 0 Å². The summed E-state index contributed by atoms with van der Waals surface area (Å²) in [5.74, 6) is 2.42. The van der Waals surface area contributed by atoms with Crippen LogP contribution in [0.5, 0.6) is 0 Å². The lowest BCUT2D eigenvalue weighted by molar-refractivity contribution is -0.169. The molecule has 25 heavy (non-hydrogen) atoms. The van der Waals surface area contributed by atoms with Crippen LogP contribution < -0.4 is 0 Å². The molecule has 8 atom stereocenters. The first-order valence-electron chi connectivity index (χ1n) is 11.1. The monoisotopic (exact) mass is 347 g/mol. The summed E-state index contributed by atoms with van der Waals surface area (Å²) in [6.45, 7) is 7.11. The van der Waals surface area contributed by atoms with Crippen molar-refractivity contribution in [1.82, 2.24) is 4.90 Å². The van der Waals surface area contributed by atoms with Gasteiger partial charge < -0.3 is 10.2 Å². The van der Waals surface area contributed by atoms with Gasteiger partial charge in [0.2, 0.25) is 0 Å². The second-order valence-electron chi connectivity index (χ2n) is 10.5. The van der Waals surface area contributed by atoms with E-state index < -0.39 is 0 Å². The summed E-state index contributed by atoms with van der Waals surface area (Å²) >= 11 is 0. The molecule has 0 bridgehead atoms. The van der Waals surface area contributed by atoms with Crippen molar-refractivity contribution in [3.63, 3.8) is 0 Å². The summed E-state index contributed by atoms with van der Waals surface area (Å²) in [7, 11) is 0. The number of hydrogen-bond acceptors (Lipinski definition) is 3. The van der Waals surface area contributed by atoms with Gasteiger partial charge in [-0.05, 0) is 106 Å². The second-order valence-corrected chi connectivity index (χ2v) is 10.5. The van der Waals surface area contributed by atoms with Crippen LogP contribution in [0.15, 0.2) is 0 Å². The van der Waals surface area contributed by atoms with Gasteiger partial charge in [0.15, 0.2) is 0 Å². The Balaban J connectivity index is 1.54. The van der Waals surface area contributed by atoms with Gasteiger partial charge in [0.05, 0.1) is 12.2 Å². The van der Waals surface area contributed by atoms with Crippen LogP contribution in [0.3, 0.4) is 0 Å². The van der Waals surface area contributed by atoms with E-state index >= 15 is 0 Å². The Kier molecular flexibility index (Phi) is 3.71. The molecule has 0 aromatic heterocycles. The molecule has 0 aromatic rings. The van der Waals surface area contributed by atoms with Crippen LogP contribution in [0.4, 0.5) is 0 Å². The van der Waals surface area contributed by atoms with E-state index in [1.54, 1.807) is 0 Å². The summed E-state index contributed by atoms with van der Waals surface area (Å²) < 4.78 is 0. The molecule has 1 saturated heterocycles. The molecule has 1 aliphatic heterocycles. The quantitative estimate of drug-likeness (QED) is 0.762. The van der Waals surface area contributed by atoms with Gasteiger partial charge in [0.1, 0.15) is 0 Å². The number of aliphatic hydroxyl groups is 2. The highest BCUT2D eigenvalue weighted by Crippen LogP contribution is 2.71.